The Morgan fingerprint density at radius 3 is 2.57 bits per heavy atom. The van der Waals surface area contributed by atoms with Crippen LogP contribution in [0, 0.1) is 12.8 Å². The monoisotopic (exact) mass is 318 g/mol. The molecule has 23 heavy (non-hydrogen) atoms. The molecule has 0 saturated carbocycles. The molecule has 0 saturated heterocycles. The van der Waals surface area contributed by atoms with Crippen LogP contribution in [0.3, 0.4) is 0 Å². The van der Waals surface area contributed by atoms with E-state index in [0.717, 1.165) is 5.69 Å². The first-order valence-corrected chi connectivity index (χ1v) is 7.99. The quantitative estimate of drug-likeness (QED) is 0.884. The molecule has 2 aromatic heterocycles. The summed E-state index contributed by atoms with van der Waals surface area (Å²) in [5.41, 5.74) is 7.80. The number of carbonyl (C=O) groups is 1. The van der Waals surface area contributed by atoms with Crippen LogP contribution in [0.2, 0.25) is 0 Å². The van der Waals surface area contributed by atoms with Crippen LogP contribution < -0.4 is 11.1 Å². The molecule has 1 atom stereocenters. The normalized spacial score (nSPS) is 14.5. The lowest BCUT2D eigenvalue weighted by atomic mass is 9.88. The summed E-state index contributed by atoms with van der Waals surface area (Å²) in [6.45, 7) is 12.3. The Hall–Kier alpha value is -1.95. The van der Waals surface area contributed by atoms with Crippen LogP contribution in [0.5, 0.6) is 0 Å². The molecule has 1 unspecified atom stereocenters. The summed E-state index contributed by atoms with van der Waals surface area (Å²) < 4.78 is 5.27. The minimum atomic E-state index is -0.476. The number of amides is 1. The van der Waals surface area contributed by atoms with Gasteiger partial charge in [0.1, 0.15) is 0 Å². The van der Waals surface area contributed by atoms with Crippen LogP contribution in [0.25, 0.3) is 11.1 Å². The number of nitrogens with zero attached hydrogens (tertiary/aromatic N) is 2. The first kappa shape index (κ1) is 17.4. The molecule has 3 N–H and O–H groups in total. The third-order valence-corrected chi connectivity index (χ3v) is 4.57. The van der Waals surface area contributed by atoms with Crippen molar-refractivity contribution in [3.05, 3.63) is 23.0 Å². The first-order valence-electron chi connectivity index (χ1n) is 7.99. The predicted octanol–water partition coefficient (Wildman–Crippen LogP) is 2.76. The van der Waals surface area contributed by atoms with Crippen molar-refractivity contribution in [2.45, 2.75) is 53.0 Å². The maximum Gasteiger partial charge on any atom is 0.259 e. The molecule has 2 aromatic rings. The van der Waals surface area contributed by atoms with E-state index in [0.29, 0.717) is 28.9 Å². The number of aromatic nitrogens is 2. The number of fused-ring (bicyclic) bond motifs is 1. The maximum absolute atomic E-state index is 12.9. The van der Waals surface area contributed by atoms with Gasteiger partial charge in [0.25, 0.3) is 11.6 Å². The molecular weight excluding hydrogens is 292 g/mol. The second kappa shape index (κ2) is 6.28. The van der Waals surface area contributed by atoms with Crippen LogP contribution in [0.1, 0.15) is 62.3 Å². The van der Waals surface area contributed by atoms with E-state index >= 15 is 0 Å². The van der Waals surface area contributed by atoms with Gasteiger partial charge in [-0.05, 0) is 31.7 Å². The average molecular weight is 318 g/mol. The lowest BCUT2D eigenvalue weighted by Gasteiger charge is -2.33. The fraction of sp³-hybridized carbons (Fsp3) is 0.588. The van der Waals surface area contributed by atoms with Crippen molar-refractivity contribution in [1.29, 1.82) is 0 Å². The number of hydrogen-bond donors (Lipinski definition) is 2. The number of carbonyl (C=O) groups excluding carboxylic acids is 1. The second-order valence-electron chi connectivity index (χ2n) is 6.93. The highest BCUT2D eigenvalue weighted by molar-refractivity contribution is 6.06. The topological polar surface area (TPSA) is 94.0 Å². The Kier molecular flexibility index (Phi) is 4.75. The van der Waals surface area contributed by atoms with Crippen LogP contribution in [0.15, 0.2) is 10.6 Å². The van der Waals surface area contributed by atoms with Gasteiger partial charge in [0.15, 0.2) is 0 Å². The molecule has 0 spiro atoms. The minimum absolute atomic E-state index is 0.174. The number of hydrogen-bond acceptors (Lipinski definition) is 5. The molecular formula is C17H26N4O2. The Bertz CT molecular complexity index is 721. The van der Waals surface area contributed by atoms with E-state index in [4.69, 9.17) is 10.3 Å². The van der Waals surface area contributed by atoms with Gasteiger partial charge in [-0.3, -0.25) is 4.79 Å². The van der Waals surface area contributed by atoms with E-state index in [1.54, 1.807) is 0 Å². The molecule has 0 fully saturated rings. The minimum Gasteiger partial charge on any atom is -0.345 e. The number of nitrogens with two attached hydrogens (primary N) is 1. The summed E-state index contributed by atoms with van der Waals surface area (Å²) in [6.07, 6.45) is 0. The van der Waals surface area contributed by atoms with Gasteiger partial charge in [-0.15, -0.1) is 0 Å². The fourth-order valence-electron chi connectivity index (χ4n) is 2.35. The van der Waals surface area contributed by atoms with Gasteiger partial charge >= 0.3 is 0 Å². The lowest BCUT2D eigenvalue weighted by Crippen LogP contribution is -2.55. The molecule has 126 valence electrons. The zero-order valence-electron chi connectivity index (χ0n) is 14.7. The van der Waals surface area contributed by atoms with E-state index in [1.165, 1.54) is 0 Å². The maximum atomic E-state index is 12.9. The van der Waals surface area contributed by atoms with Crippen LogP contribution in [-0.4, -0.2) is 28.1 Å². The van der Waals surface area contributed by atoms with Crippen LogP contribution in [0.4, 0.5) is 0 Å². The largest absolute Gasteiger partial charge is 0.345 e. The molecule has 0 aliphatic carbocycles. The van der Waals surface area contributed by atoms with Gasteiger partial charge in [0.05, 0.1) is 22.2 Å². The van der Waals surface area contributed by atoms with Gasteiger partial charge in [-0.25, -0.2) is 4.98 Å². The van der Waals surface area contributed by atoms with E-state index in [9.17, 15) is 4.79 Å². The van der Waals surface area contributed by atoms with E-state index in [-0.39, 0.29) is 17.7 Å². The highest BCUT2D eigenvalue weighted by Crippen LogP contribution is 2.26. The van der Waals surface area contributed by atoms with E-state index in [2.05, 4.69) is 15.5 Å². The number of rotatable bonds is 5. The van der Waals surface area contributed by atoms with Crippen molar-refractivity contribution >= 4 is 17.0 Å². The third-order valence-electron chi connectivity index (χ3n) is 4.57. The standard InChI is InChI=1S/C17H26N4O2/c1-9(2)13-7-12(14-11(5)21-23-16(14)19-13)15(22)20-17(6,8-18)10(3)4/h7,9-10H,8,18H2,1-6H3,(H,20,22). The number of pyridine rings is 1. The highest BCUT2D eigenvalue weighted by atomic mass is 16.5. The molecule has 6 heteroatoms. The summed E-state index contributed by atoms with van der Waals surface area (Å²) >= 11 is 0. The van der Waals surface area contributed by atoms with Crippen molar-refractivity contribution in [3.8, 4) is 0 Å². The summed E-state index contributed by atoms with van der Waals surface area (Å²) in [5.74, 6) is 0.219. The van der Waals surface area contributed by atoms with Crippen molar-refractivity contribution in [1.82, 2.24) is 15.5 Å². The third kappa shape index (κ3) is 3.22. The molecule has 0 bridgehead atoms. The second-order valence-corrected chi connectivity index (χ2v) is 6.93. The zero-order valence-corrected chi connectivity index (χ0v) is 14.7. The van der Waals surface area contributed by atoms with E-state index in [1.807, 2.05) is 47.6 Å². The smallest absolute Gasteiger partial charge is 0.259 e. The Labute approximate surface area is 136 Å². The van der Waals surface area contributed by atoms with Crippen LogP contribution in [-0.2, 0) is 0 Å². The van der Waals surface area contributed by atoms with Crippen molar-refractivity contribution in [2.75, 3.05) is 6.54 Å². The number of aryl methyl sites for hydroxylation is 1. The molecule has 0 radical (unpaired) electrons. The van der Waals surface area contributed by atoms with Gasteiger partial charge in [0.2, 0.25) is 0 Å². The van der Waals surface area contributed by atoms with Gasteiger partial charge in [-0.2, -0.15) is 0 Å². The summed E-state index contributed by atoms with van der Waals surface area (Å²) in [4.78, 5) is 17.4. The van der Waals surface area contributed by atoms with Gasteiger partial charge in [0, 0.05) is 12.2 Å². The Morgan fingerprint density at radius 2 is 2.04 bits per heavy atom. The van der Waals surface area contributed by atoms with Gasteiger partial charge in [-0.1, -0.05) is 32.9 Å². The highest BCUT2D eigenvalue weighted by Gasteiger charge is 2.30. The van der Waals surface area contributed by atoms with E-state index < -0.39 is 5.54 Å². The SMILES string of the molecule is Cc1noc2nc(C(C)C)cc(C(=O)NC(C)(CN)C(C)C)c12. The molecule has 1 amide bonds. The van der Waals surface area contributed by atoms with Crippen molar-refractivity contribution in [2.24, 2.45) is 11.7 Å². The summed E-state index contributed by atoms with van der Waals surface area (Å²) in [7, 11) is 0. The summed E-state index contributed by atoms with van der Waals surface area (Å²) in [5, 5.41) is 7.68. The molecule has 2 heterocycles. The molecule has 0 aromatic carbocycles. The molecule has 0 aliphatic heterocycles. The van der Waals surface area contributed by atoms with Gasteiger partial charge < -0.3 is 15.6 Å². The predicted molar refractivity (Wildman–Crippen MR) is 90.4 cm³/mol. The first-order chi connectivity index (χ1) is 10.7. The Balaban J connectivity index is 2.53. The fourth-order valence-corrected chi connectivity index (χ4v) is 2.35. The zero-order chi connectivity index (χ0) is 17.4. The molecule has 6 nitrogen and oxygen atoms in total. The van der Waals surface area contributed by atoms with Crippen LogP contribution >= 0.6 is 0 Å². The molecule has 2 rings (SSSR count). The van der Waals surface area contributed by atoms with Crippen molar-refractivity contribution in [3.63, 3.8) is 0 Å². The Morgan fingerprint density at radius 1 is 1.39 bits per heavy atom. The van der Waals surface area contributed by atoms with Crippen molar-refractivity contribution < 1.29 is 9.32 Å². The number of nitrogens with one attached hydrogen (secondary N) is 1. The average Bonchev–Trinajstić information content (AvgIpc) is 2.87. The molecule has 0 aliphatic rings. The lowest BCUT2D eigenvalue weighted by molar-refractivity contribution is 0.0884. The summed E-state index contributed by atoms with van der Waals surface area (Å²) in [6, 6.07) is 1.82.